The summed E-state index contributed by atoms with van der Waals surface area (Å²) in [6, 6.07) is 27.0. The number of carbonyl (C=O) groups is 2. The highest BCUT2D eigenvalue weighted by molar-refractivity contribution is 6.01. The van der Waals surface area contributed by atoms with Crippen LogP contribution in [0.5, 0.6) is 11.5 Å². The molecule has 0 radical (unpaired) electrons. The lowest BCUT2D eigenvalue weighted by Gasteiger charge is -2.16. The van der Waals surface area contributed by atoms with Crippen molar-refractivity contribution in [3.63, 3.8) is 0 Å². The summed E-state index contributed by atoms with van der Waals surface area (Å²) in [5.41, 5.74) is 1.80. The molecular formula is C27H22O4. The van der Waals surface area contributed by atoms with E-state index in [4.69, 9.17) is 9.47 Å². The molecule has 0 bridgehead atoms. The van der Waals surface area contributed by atoms with Gasteiger partial charge in [-0.3, -0.25) is 0 Å². The molecule has 0 N–H and O–H groups in total. The molecule has 0 aliphatic rings. The van der Waals surface area contributed by atoms with Crippen molar-refractivity contribution in [1.29, 1.82) is 0 Å². The van der Waals surface area contributed by atoms with E-state index in [0.717, 1.165) is 23.8 Å². The summed E-state index contributed by atoms with van der Waals surface area (Å²) in [6.45, 7) is 2.06. The number of esters is 2. The molecular weight excluding hydrogens is 388 g/mol. The minimum Gasteiger partial charge on any atom is -0.422 e. The van der Waals surface area contributed by atoms with Gasteiger partial charge in [0.15, 0.2) is 0 Å². The summed E-state index contributed by atoms with van der Waals surface area (Å²) in [5.74, 6) is -0.117. The molecule has 0 aliphatic carbocycles. The standard InChI is InChI=1S/C27H22O4/c1-2-10-20-18-17-19-15-9-16-23(30-26(28)21-11-5-3-6-12-21)24(19)25(20)31-27(29)22-13-7-4-8-14-22/h3-9,11-18H,2,10H2,1H3. The number of hydrogen-bond acceptors (Lipinski definition) is 4. The number of carbonyl (C=O) groups excluding carboxylic acids is 2. The van der Waals surface area contributed by atoms with Crippen molar-refractivity contribution in [2.24, 2.45) is 0 Å². The van der Waals surface area contributed by atoms with Gasteiger partial charge in [-0.1, -0.05) is 74.0 Å². The van der Waals surface area contributed by atoms with Crippen LogP contribution in [0.3, 0.4) is 0 Å². The molecule has 4 nitrogen and oxygen atoms in total. The fourth-order valence-corrected chi connectivity index (χ4v) is 3.48. The van der Waals surface area contributed by atoms with E-state index in [1.165, 1.54) is 0 Å². The highest BCUT2D eigenvalue weighted by atomic mass is 16.5. The molecule has 0 atom stereocenters. The fraction of sp³-hybridized carbons (Fsp3) is 0.111. The third-order valence-electron chi connectivity index (χ3n) is 4.98. The number of benzene rings is 4. The van der Waals surface area contributed by atoms with Gasteiger partial charge in [-0.05, 0) is 47.7 Å². The maximum Gasteiger partial charge on any atom is 0.343 e. The van der Waals surface area contributed by atoms with Gasteiger partial charge in [0.25, 0.3) is 0 Å². The minimum atomic E-state index is -0.464. The molecule has 0 heterocycles. The molecule has 4 aromatic carbocycles. The van der Waals surface area contributed by atoms with Crippen molar-refractivity contribution in [1.82, 2.24) is 0 Å². The Morgan fingerprint density at radius 2 is 1.29 bits per heavy atom. The third-order valence-corrected chi connectivity index (χ3v) is 4.98. The highest BCUT2D eigenvalue weighted by Crippen LogP contribution is 2.38. The van der Waals surface area contributed by atoms with Gasteiger partial charge in [0.2, 0.25) is 0 Å². The van der Waals surface area contributed by atoms with E-state index in [1.807, 2.05) is 36.4 Å². The topological polar surface area (TPSA) is 52.6 Å². The largest absolute Gasteiger partial charge is 0.422 e. The van der Waals surface area contributed by atoms with Crippen LogP contribution >= 0.6 is 0 Å². The number of fused-ring (bicyclic) bond motifs is 1. The number of hydrogen-bond donors (Lipinski definition) is 0. The molecule has 0 saturated carbocycles. The molecule has 0 fully saturated rings. The van der Waals surface area contributed by atoms with Crippen LogP contribution in [0.15, 0.2) is 91.0 Å². The van der Waals surface area contributed by atoms with E-state index in [-0.39, 0.29) is 0 Å². The van der Waals surface area contributed by atoms with E-state index < -0.39 is 11.9 Å². The lowest BCUT2D eigenvalue weighted by Crippen LogP contribution is -2.12. The minimum absolute atomic E-state index is 0.361. The quantitative estimate of drug-likeness (QED) is 0.279. The molecule has 0 unspecified atom stereocenters. The van der Waals surface area contributed by atoms with Crippen LogP contribution in [-0.2, 0) is 6.42 Å². The predicted molar refractivity (Wildman–Crippen MR) is 121 cm³/mol. The summed E-state index contributed by atoms with van der Waals surface area (Å²) >= 11 is 0. The van der Waals surface area contributed by atoms with E-state index in [1.54, 1.807) is 54.6 Å². The van der Waals surface area contributed by atoms with Crippen molar-refractivity contribution < 1.29 is 19.1 Å². The fourth-order valence-electron chi connectivity index (χ4n) is 3.48. The van der Waals surface area contributed by atoms with Gasteiger partial charge in [-0.2, -0.15) is 0 Å². The SMILES string of the molecule is CCCc1ccc2cccc(OC(=O)c3ccccc3)c2c1OC(=O)c1ccccc1. The van der Waals surface area contributed by atoms with Gasteiger partial charge in [0.1, 0.15) is 11.5 Å². The maximum absolute atomic E-state index is 12.8. The first-order valence-electron chi connectivity index (χ1n) is 10.3. The Balaban J connectivity index is 1.79. The van der Waals surface area contributed by atoms with Crippen LogP contribution in [-0.4, -0.2) is 11.9 Å². The van der Waals surface area contributed by atoms with Crippen molar-refractivity contribution in [3.8, 4) is 11.5 Å². The van der Waals surface area contributed by atoms with Crippen LogP contribution in [0.2, 0.25) is 0 Å². The van der Waals surface area contributed by atoms with Crippen molar-refractivity contribution in [2.75, 3.05) is 0 Å². The molecule has 31 heavy (non-hydrogen) atoms. The van der Waals surface area contributed by atoms with Crippen LogP contribution in [0.1, 0.15) is 39.6 Å². The van der Waals surface area contributed by atoms with Crippen molar-refractivity contribution in [3.05, 3.63) is 108 Å². The molecule has 4 heteroatoms. The number of ether oxygens (including phenoxy) is 2. The smallest absolute Gasteiger partial charge is 0.343 e. The summed E-state index contributed by atoms with van der Waals surface area (Å²) in [4.78, 5) is 25.5. The zero-order valence-electron chi connectivity index (χ0n) is 17.2. The molecule has 0 spiro atoms. The Morgan fingerprint density at radius 3 is 1.90 bits per heavy atom. The lowest BCUT2D eigenvalue weighted by atomic mass is 10.0. The second kappa shape index (κ2) is 9.26. The molecule has 0 saturated heterocycles. The molecule has 154 valence electrons. The molecule has 0 amide bonds. The predicted octanol–water partition coefficient (Wildman–Crippen LogP) is 6.23. The number of rotatable bonds is 6. The third kappa shape index (κ3) is 4.48. The van der Waals surface area contributed by atoms with Gasteiger partial charge in [0.05, 0.1) is 16.5 Å². The van der Waals surface area contributed by atoms with Crippen molar-refractivity contribution >= 4 is 22.7 Å². The zero-order valence-corrected chi connectivity index (χ0v) is 17.2. The first-order valence-corrected chi connectivity index (χ1v) is 10.3. The highest BCUT2D eigenvalue weighted by Gasteiger charge is 2.19. The first-order chi connectivity index (χ1) is 15.2. The molecule has 0 aliphatic heterocycles. The Bertz CT molecular complexity index is 1210. The van der Waals surface area contributed by atoms with Gasteiger partial charge in [0, 0.05) is 0 Å². The Kier molecular flexibility index (Phi) is 6.08. The second-order valence-corrected chi connectivity index (χ2v) is 7.17. The average Bonchev–Trinajstić information content (AvgIpc) is 2.81. The Morgan fingerprint density at radius 1 is 0.677 bits per heavy atom. The van der Waals surface area contributed by atoms with Crippen LogP contribution < -0.4 is 9.47 Å². The molecule has 4 rings (SSSR count). The van der Waals surface area contributed by atoms with Gasteiger partial charge in [-0.15, -0.1) is 0 Å². The zero-order chi connectivity index (χ0) is 21.6. The summed E-state index contributed by atoms with van der Waals surface area (Å²) in [7, 11) is 0. The van der Waals surface area contributed by atoms with Gasteiger partial charge < -0.3 is 9.47 Å². The van der Waals surface area contributed by atoms with Gasteiger partial charge in [-0.25, -0.2) is 9.59 Å². The molecule has 4 aromatic rings. The second-order valence-electron chi connectivity index (χ2n) is 7.17. The summed E-state index contributed by atoms with van der Waals surface area (Å²) < 4.78 is 11.6. The van der Waals surface area contributed by atoms with Gasteiger partial charge >= 0.3 is 11.9 Å². The lowest BCUT2D eigenvalue weighted by molar-refractivity contribution is 0.0735. The molecule has 0 aromatic heterocycles. The van der Waals surface area contributed by atoms with Crippen LogP contribution in [0, 0.1) is 0 Å². The summed E-state index contributed by atoms with van der Waals surface area (Å²) in [6.07, 6.45) is 1.61. The normalized spacial score (nSPS) is 10.6. The maximum atomic E-state index is 12.8. The monoisotopic (exact) mass is 410 g/mol. The Hall–Kier alpha value is -3.92. The number of aryl methyl sites for hydroxylation is 1. The Labute approximate surface area is 181 Å². The first kappa shape index (κ1) is 20.4. The van der Waals surface area contributed by atoms with E-state index >= 15 is 0 Å². The van der Waals surface area contributed by atoms with E-state index in [2.05, 4.69) is 6.92 Å². The summed E-state index contributed by atoms with van der Waals surface area (Å²) in [5, 5.41) is 1.44. The van der Waals surface area contributed by atoms with E-state index in [9.17, 15) is 9.59 Å². The van der Waals surface area contributed by atoms with Crippen LogP contribution in [0.4, 0.5) is 0 Å². The van der Waals surface area contributed by atoms with Crippen LogP contribution in [0.25, 0.3) is 10.8 Å². The van der Waals surface area contributed by atoms with Crippen molar-refractivity contribution in [2.45, 2.75) is 19.8 Å². The van der Waals surface area contributed by atoms with E-state index in [0.29, 0.717) is 28.0 Å². The average molecular weight is 410 g/mol.